The Hall–Kier alpha value is -4.81. The number of amides is 3. The first-order chi connectivity index (χ1) is 19.2. The van der Waals surface area contributed by atoms with Gasteiger partial charge in [0.25, 0.3) is 11.8 Å². The normalized spacial score (nSPS) is 16.6. The Morgan fingerprint density at radius 2 is 1.62 bits per heavy atom. The molecule has 0 saturated heterocycles. The molecule has 3 amide bonds. The van der Waals surface area contributed by atoms with Crippen LogP contribution in [0.25, 0.3) is 5.70 Å². The lowest BCUT2D eigenvalue weighted by Crippen LogP contribution is -2.64. The zero-order valence-electron chi connectivity index (χ0n) is 22.6. The van der Waals surface area contributed by atoms with Gasteiger partial charge in [0.05, 0.1) is 17.8 Å². The fraction of sp³-hybridized carbons (Fsp3) is 0.258. The molecule has 1 aromatic heterocycles. The van der Waals surface area contributed by atoms with E-state index < -0.39 is 35.9 Å². The Labute approximate surface area is 233 Å². The maximum absolute atomic E-state index is 14.4. The molecule has 0 saturated carbocycles. The highest BCUT2D eigenvalue weighted by atomic mass is 16.3. The van der Waals surface area contributed by atoms with Crippen molar-refractivity contribution in [3.8, 4) is 6.07 Å². The van der Waals surface area contributed by atoms with E-state index in [0.717, 1.165) is 10.6 Å². The Kier molecular flexibility index (Phi) is 8.72. The summed E-state index contributed by atoms with van der Waals surface area (Å²) in [6.07, 6.45) is 3.10. The van der Waals surface area contributed by atoms with Crippen molar-refractivity contribution < 1.29 is 19.5 Å². The van der Waals surface area contributed by atoms with E-state index >= 15 is 0 Å². The van der Waals surface area contributed by atoms with Crippen LogP contribution in [0.5, 0.6) is 0 Å². The van der Waals surface area contributed by atoms with Crippen LogP contribution in [0.2, 0.25) is 0 Å². The summed E-state index contributed by atoms with van der Waals surface area (Å²) in [7, 11) is 0. The van der Waals surface area contributed by atoms with Crippen LogP contribution in [0.3, 0.4) is 0 Å². The van der Waals surface area contributed by atoms with Crippen LogP contribution in [0, 0.1) is 17.2 Å². The zero-order valence-corrected chi connectivity index (χ0v) is 22.6. The van der Waals surface area contributed by atoms with Gasteiger partial charge in [0.2, 0.25) is 5.91 Å². The average molecular weight is 538 g/mol. The molecule has 1 aliphatic rings. The fourth-order valence-corrected chi connectivity index (χ4v) is 4.89. The van der Waals surface area contributed by atoms with Gasteiger partial charge >= 0.3 is 0 Å². The molecule has 0 spiro atoms. The third-order valence-corrected chi connectivity index (χ3v) is 6.75. The van der Waals surface area contributed by atoms with Crippen molar-refractivity contribution in [3.63, 3.8) is 0 Å². The number of hydrogen-bond acceptors (Lipinski definition) is 6. The van der Waals surface area contributed by atoms with Gasteiger partial charge in [-0.3, -0.25) is 24.3 Å². The highest BCUT2D eigenvalue weighted by molar-refractivity contribution is 6.03. The number of carbonyl (C=O) groups is 3. The summed E-state index contributed by atoms with van der Waals surface area (Å²) in [4.78, 5) is 46.8. The van der Waals surface area contributed by atoms with E-state index in [1.807, 2.05) is 56.3 Å². The van der Waals surface area contributed by atoms with Crippen LogP contribution in [0.1, 0.15) is 42.3 Å². The highest BCUT2D eigenvalue weighted by Gasteiger charge is 2.46. The second-order valence-electron chi connectivity index (χ2n) is 9.86. The lowest BCUT2D eigenvalue weighted by molar-refractivity contribution is -0.167. The van der Waals surface area contributed by atoms with Crippen LogP contribution in [-0.4, -0.2) is 60.9 Å². The Bertz CT molecular complexity index is 1420. The van der Waals surface area contributed by atoms with Crippen molar-refractivity contribution in [3.05, 3.63) is 108 Å². The summed E-state index contributed by atoms with van der Waals surface area (Å²) in [6.45, 7) is 4.92. The molecule has 204 valence electrons. The van der Waals surface area contributed by atoms with Gasteiger partial charge in [0.1, 0.15) is 6.04 Å². The molecule has 1 aliphatic heterocycles. The summed E-state index contributed by atoms with van der Waals surface area (Å²) in [6, 6.07) is 21.0. The summed E-state index contributed by atoms with van der Waals surface area (Å²) < 4.78 is 0. The fourth-order valence-electron chi connectivity index (χ4n) is 4.89. The van der Waals surface area contributed by atoms with Gasteiger partial charge in [-0.2, -0.15) is 5.26 Å². The third kappa shape index (κ3) is 5.77. The van der Waals surface area contributed by atoms with Gasteiger partial charge in [0, 0.05) is 36.6 Å². The first-order valence-electron chi connectivity index (χ1n) is 13.0. The predicted octanol–water partition coefficient (Wildman–Crippen LogP) is 3.65. The van der Waals surface area contributed by atoms with E-state index in [2.05, 4.69) is 4.98 Å². The molecule has 2 heterocycles. The van der Waals surface area contributed by atoms with Crippen molar-refractivity contribution in [1.29, 1.82) is 5.26 Å². The second kappa shape index (κ2) is 12.4. The van der Waals surface area contributed by atoms with E-state index in [0.29, 0.717) is 11.1 Å². The van der Waals surface area contributed by atoms with Crippen molar-refractivity contribution >= 4 is 23.4 Å². The van der Waals surface area contributed by atoms with Gasteiger partial charge in [-0.15, -0.1) is 0 Å². The molecule has 1 unspecified atom stereocenters. The molecule has 9 nitrogen and oxygen atoms in total. The predicted molar refractivity (Wildman–Crippen MR) is 148 cm³/mol. The van der Waals surface area contributed by atoms with Gasteiger partial charge in [0.15, 0.2) is 6.10 Å². The van der Waals surface area contributed by atoms with Gasteiger partial charge in [-0.25, -0.2) is 10.0 Å². The molecule has 4 rings (SSSR count). The van der Waals surface area contributed by atoms with Crippen LogP contribution in [0.4, 0.5) is 0 Å². The Balaban J connectivity index is 1.91. The number of nitriles is 1. The maximum atomic E-state index is 14.4. The molecule has 3 atom stereocenters. The summed E-state index contributed by atoms with van der Waals surface area (Å²) in [5, 5.41) is 23.0. The van der Waals surface area contributed by atoms with Crippen molar-refractivity contribution in [2.45, 2.75) is 45.4 Å². The summed E-state index contributed by atoms with van der Waals surface area (Å²) in [5.41, 5.74) is 1.97. The minimum Gasteiger partial charge on any atom is -0.376 e. The molecule has 3 aromatic rings. The van der Waals surface area contributed by atoms with E-state index in [1.165, 1.54) is 29.2 Å². The highest BCUT2D eigenvalue weighted by Crippen LogP contribution is 2.34. The van der Waals surface area contributed by atoms with E-state index in [4.69, 9.17) is 0 Å². The van der Waals surface area contributed by atoms with Gasteiger partial charge in [-0.1, -0.05) is 74.5 Å². The number of aromatic nitrogens is 1. The van der Waals surface area contributed by atoms with Crippen LogP contribution in [0.15, 0.2) is 91.4 Å². The van der Waals surface area contributed by atoms with E-state index in [9.17, 15) is 24.8 Å². The number of pyridine rings is 1. The van der Waals surface area contributed by atoms with E-state index in [-0.39, 0.29) is 18.0 Å². The van der Waals surface area contributed by atoms with Crippen LogP contribution < -0.4 is 0 Å². The average Bonchev–Trinajstić information content (AvgIpc) is 2.97. The van der Waals surface area contributed by atoms with Crippen LogP contribution >= 0.6 is 0 Å². The number of benzene rings is 2. The number of aliphatic hydroxyl groups is 1. The van der Waals surface area contributed by atoms with E-state index in [1.54, 1.807) is 42.6 Å². The lowest BCUT2D eigenvalue weighted by atomic mass is 9.96. The SMILES string of the molecule is CC(=O)N([C@@H](Cc1ccccc1)C(O)C#N)N1C(=O)[C@@H](C(C)C)N(C(=O)c2ccncc2)C=C1c1ccccc1. The second-order valence-corrected chi connectivity index (χ2v) is 9.86. The number of hydrogen-bond donors (Lipinski definition) is 1. The topological polar surface area (TPSA) is 118 Å². The lowest BCUT2D eigenvalue weighted by Gasteiger charge is -2.47. The molecule has 40 heavy (non-hydrogen) atoms. The third-order valence-electron chi connectivity index (χ3n) is 6.75. The minimum atomic E-state index is -1.59. The molecular formula is C31H31N5O4. The molecule has 1 N–H and O–H groups in total. The number of nitrogens with zero attached hydrogens (tertiary/aromatic N) is 5. The standard InChI is InChI=1S/C31H31N5O4/c1-21(2)29-31(40)36(35(22(3)37)26(28(38)19-32)18-23-10-6-4-7-11-23)27(24-12-8-5-9-13-24)20-34(29)30(39)25-14-16-33-17-15-25/h4-17,20-21,26,28-29,38H,18H2,1-3H3/t26-,28?,29+/m0/s1. The molecule has 0 radical (unpaired) electrons. The summed E-state index contributed by atoms with van der Waals surface area (Å²) in [5.74, 6) is -1.80. The molecule has 2 aromatic carbocycles. The Morgan fingerprint density at radius 1 is 1.02 bits per heavy atom. The molecule has 0 bridgehead atoms. The molecular weight excluding hydrogens is 506 g/mol. The number of rotatable bonds is 8. The van der Waals surface area contributed by atoms with Gasteiger partial charge in [-0.05, 0) is 30.0 Å². The minimum absolute atomic E-state index is 0.118. The summed E-state index contributed by atoms with van der Waals surface area (Å²) >= 11 is 0. The number of hydrazine groups is 1. The smallest absolute Gasteiger partial charge is 0.269 e. The number of aliphatic hydroxyl groups excluding tert-OH is 1. The van der Waals surface area contributed by atoms with Crippen molar-refractivity contribution in [2.24, 2.45) is 5.92 Å². The number of carbonyl (C=O) groups excluding carboxylic acids is 3. The van der Waals surface area contributed by atoms with Crippen molar-refractivity contribution in [1.82, 2.24) is 19.9 Å². The molecule has 0 fully saturated rings. The van der Waals surface area contributed by atoms with Crippen LogP contribution in [-0.2, 0) is 16.0 Å². The van der Waals surface area contributed by atoms with Gasteiger partial charge < -0.3 is 5.11 Å². The quantitative estimate of drug-likeness (QED) is 0.439. The Morgan fingerprint density at radius 3 is 2.17 bits per heavy atom. The maximum Gasteiger partial charge on any atom is 0.269 e. The first kappa shape index (κ1) is 28.2. The largest absolute Gasteiger partial charge is 0.376 e. The monoisotopic (exact) mass is 537 g/mol. The van der Waals surface area contributed by atoms with Crippen molar-refractivity contribution in [2.75, 3.05) is 0 Å². The molecule has 0 aliphatic carbocycles. The zero-order chi connectivity index (χ0) is 28.8. The molecule has 9 heteroatoms. The first-order valence-corrected chi connectivity index (χ1v) is 13.0.